The van der Waals surface area contributed by atoms with Crippen LogP contribution in [0.3, 0.4) is 0 Å². The minimum absolute atomic E-state index is 0.00627. The number of amides is 3. The van der Waals surface area contributed by atoms with Crippen molar-refractivity contribution >= 4 is 54.0 Å². The molecule has 1 spiro atoms. The maximum atomic E-state index is 15.2. The third kappa shape index (κ3) is 6.91. The van der Waals surface area contributed by atoms with Crippen molar-refractivity contribution in [1.82, 2.24) is 10.2 Å². The molecule has 7 rings (SSSR count). The van der Waals surface area contributed by atoms with Crippen LogP contribution in [0.15, 0.2) is 66.7 Å². The van der Waals surface area contributed by atoms with Crippen molar-refractivity contribution in [2.45, 2.75) is 82.0 Å². The van der Waals surface area contributed by atoms with Gasteiger partial charge in [0.05, 0.1) is 58.5 Å². The number of nitrogens with zero attached hydrogens (tertiary/aromatic N) is 2. The van der Waals surface area contributed by atoms with Gasteiger partial charge in [-0.05, 0) is 85.8 Å². The molecule has 53 heavy (non-hydrogen) atoms. The number of ether oxygens (including phenoxy) is 2. The maximum absolute atomic E-state index is 15.2. The first-order valence-corrected chi connectivity index (χ1v) is 22.4. The summed E-state index contributed by atoms with van der Waals surface area (Å²) in [6.07, 6.45) is 3.00. The van der Waals surface area contributed by atoms with Gasteiger partial charge in [0.25, 0.3) is 5.91 Å². The molecule has 3 fully saturated rings. The second-order valence-corrected chi connectivity index (χ2v) is 20.8. The van der Waals surface area contributed by atoms with Gasteiger partial charge in [-0.2, -0.15) is 0 Å². The molecule has 12 heteroatoms. The van der Waals surface area contributed by atoms with Crippen LogP contribution in [0, 0.1) is 11.8 Å². The van der Waals surface area contributed by atoms with Crippen LogP contribution >= 0.6 is 11.6 Å². The molecule has 4 aliphatic rings. The molecule has 3 aromatic rings. The van der Waals surface area contributed by atoms with Gasteiger partial charge >= 0.3 is 0 Å². The molecular weight excluding hydrogens is 708 g/mol. The van der Waals surface area contributed by atoms with E-state index >= 15 is 4.79 Å². The van der Waals surface area contributed by atoms with E-state index in [1.807, 2.05) is 48.5 Å². The minimum Gasteiger partial charge on any atom is -0.497 e. The number of likely N-dealkylation sites (tertiary alicyclic amines) is 1. The topological polar surface area (TPSA) is 120 Å². The molecule has 3 aromatic carbocycles. The number of aliphatic hydroxyl groups is 1. The first kappa shape index (κ1) is 37.6. The number of fused-ring (bicyclic) bond motifs is 2. The van der Waals surface area contributed by atoms with E-state index in [2.05, 4.69) is 42.8 Å². The summed E-state index contributed by atoms with van der Waals surface area (Å²) >= 11 is 6.69. The number of benzene rings is 3. The summed E-state index contributed by atoms with van der Waals surface area (Å²) in [7, 11) is -0.833. The van der Waals surface area contributed by atoms with Crippen molar-refractivity contribution in [1.29, 1.82) is 0 Å². The molecule has 0 aromatic heterocycles. The molecule has 3 saturated heterocycles. The van der Waals surface area contributed by atoms with Crippen molar-refractivity contribution in [2.75, 3.05) is 43.6 Å². The molecule has 1 unspecified atom stereocenters. The number of carbonyl (C=O) groups excluding carboxylic acids is 3. The second-order valence-electron chi connectivity index (χ2n) is 15.7. The zero-order valence-electron chi connectivity index (χ0n) is 31.1. The van der Waals surface area contributed by atoms with E-state index in [4.69, 9.17) is 21.1 Å². The van der Waals surface area contributed by atoms with Crippen molar-refractivity contribution in [3.8, 4) is 5.75 Å². The summed E-state index contributed by atoms with van der Waals surface area (Å²) < 4.78 is 12.6. The van der Waals surface area contributed by atoms with Gasteiger partial charge in [-0.25, -0.2) is 0 Å². The first-order chi connectivity index (χ1) is 25.5. The molecule has 3 N–H and O–H groups in total. The monoisotopic (exact) mass is 758 g/mol. The Hall–Kier alpha value is -3.74. The summed E-state index contributed by atoms with van der Waals surface area (Å²) in [6, 6.07) is 21.1. The van der Waals surface area contributed by atoms with E-state index in [0.29, 0.717) is 29.4 Å². The lowest BCUT2D eigenvalue weighted by molar-refractivity contribution is -0.150. The van der Waals surface area contributed by atoms with Gasteiger partial charge in [0.15, 0.2) is 5.60 Å². The number of aliphatic hydroxyl groups excluding tert-OH is 1. The number of methoxy groups -OCH3 is 1. The van der Waals surface area contributed by atoms with E-state index in [1.165, 1.54) is 5.19 Å². The summed E-state index contributed by atoms with van der Waals surface area (Å²) in [5.74, 6) is 0.134. The Balaban J connectivity index is 1.24. The quantitative estimate of drug-likeness (QED) is 0.236. The third-order valence-electron chi connectivity index (χ3n) is 12.3. The van der Waals surface area contributed by atoms with Gasteiger partial charge in [0, 0.05) is 35.3 Å². The Morgan fingerprint density at radius 2 is 1.89 bits per heavy atom. The number of hydrogen-bond acceptors (Lipinski definition) is 7. The Morgan fingerprint density at radius 1 is 1.09 bits per heavy atom. The van der Waals surface area contributed by atoms with Gasteiger partial charge in [0.2, 0.25) is 11.8 Å². The number of halogens is 1. The fourth-order valence-corrected chi connectivity index (χ4v) is 13.7. The van der Waals surface area contributed by atoms with Crippen molar-refractivity contribution in [3.05, 3.63) is 82.9 Å². The summed E-state index contributed by atoms with van der Waals surface area (Å²) in [5.41, 5.74) is 1.50. The molecule has 3 amide bonds. The third-order valence-corrected chi connectivity index (χ3v) is 16.9. The lowest BCUT2D eigenvalue weighted by Gasteiger charge is -2.37. The Bertz CT molecular complexity index is 1850. The van der Waals surface area contributed by atoms with Gasteiger partial charge in [0.1, 0.15) is 5.75 Å². The molecule has 0 aliphatic carbocycles. The molecule has 4 heterocycles. The Labute approximate surface area is 318 Å². The Kier molecular flexibility index (Phi) is 10.8. The van der Waals surface area contributed by atoms with Gasteiger partial charge in [-0.1, -0.05) is 61.1 Å². The predicted molar refractivity (Wildman–Crippen MR) is 209 cm³/mol. The van der Waals surface area contributed by atoms with Crippen molar-refractivity contribution in [3.63, 3.8) is 0 Å². The minimum atomic E-state index is -2.48. The maximum Gasteiger partial charge on any atom is 0.264 e. The van der Waals surface area contributed by atoms with Crippen LogP contribution in [-0.2, 0) is 31.3 Å². The van der Waals surface area contributed by atoms with Crippen LogP contribution in [0.4, 0.5) is 11.4 Å². The fourth-order valence-electron chi connectivity index (χ4n) is 9.54. The average molecular weight is 759 g/mol. The van der Waals surface area contributed by atoms with E-state index in [0.717, 1.165) is 49.2 Å². The summed E-state index contributed by atoms with van der Waals surface area (Å²) in [4.78, 5) is 45.9. The lowest BCUT2D eigenvalue weighted by Crippen LogP contribution is -2.52. The molecule has 0 bridgehead atoms. The highest BCUT2D eigenvalue weighted by Gasteiger charge is 2.66. The number of carbonyl (C=O) groups is 3. The Morgan fingerprint density at radius 3 is 2.60 bits per heavy atom. The van der Waals surface area contributed by atoms with Gasteiger partial charge in [-0.3, -0.25) is 14.4 Å². The molecular formula is C41H51ClN4O6Si. The van der Waals surface area contributed by atoms with Gasteiger partial charge < -0.3 is 35.0 Å². The van der Waals surface area contributed by atoms with Crippen LogP contribution < -0.4 is 25.5 Å². The molecule has 0 saturated carbocycles. The van der Waals surface area contributed by atoms with Crippen LogP contribution in [0.1, 0.15) is 50.2 Å². The molecule has 6 atom stereocenters. The number of rotatable bonds is 10. The summed E-state index contributed by atoms with van der Waals surface area (Å²) in [6.45, 7) is 9.07. The standard InChI is InChI=1S/C41H51ClN4O6Si/c1-26-38(53(3,4)33-15-13-32(51-2)14-16-33)36(22-37(48)45-19-7-11-31(45)25-47)52-41(26)34-21-29(42)12-17-35(34)46(40(41)50)24-27-8-5-10-30(20-27)44-39(49)28-9-6-18-43-23-28/h5,8,10,12-17,20-21,26,28,31,36,38,43,47H,6-7,9,11,18-19,22-25H2,1-4H3,(H,44,49)/t26-,28?,31+,36+,38-,41+/m1/s1. The predicted octanol–water partition coefficient (Wildman–Crippen LogP) is 5.42. The molecule has 4 aliphatic heterocycles. The van der Waals surface area contributed by atoms with Gasteiger partial charge in [-0.15, -0.1) is 0 Å². The van der Waals surface area contributed by atoms with E-state index in [9.17, 15) is 14.7 Å². The second kappa shape index (κ2) is 15.2. The van der Waals surface area contributed by atoms with E-state index in [-0.39, 0.29) is 60.7 Å². The smallest absolute Gasteiger partial charge is 0.264 e. The average Bonchev–Trinajstić information content (AvgIpc) is 3.82. The van der Waals surface area contributed by atoms with Crippen LogP contribution in [0.2, 0.25) is 23.7 Å². The fraction of sp³-hybridized carbons (Fsp3) is 0.488. The zero-order valence-corrected chi connectivity index (χ0v) is 32.8. The first-order valence-electron chi connectivity index (χ1n) is 18.9. The number of anilines is 2. The van der Waals surface area contributed by atoms with Crippen LogP contribution in [-0.4, -0.2) is 81.3 Å². The van der Waals surface area contributed by atoms with Crippen LogP contribution in [0.5, 0.6) is 5.75 Å². The van der Waals surface area contributed by atoms with E-state index in [1.54, 1.807) is 23.0 Å². The highest BCUT2D eigenvalue weighted by atomic mass is 35.5. The number of piperidine rings is 1. The molecule has 282 valence electrons. The lowest BCUT2D eigenvalue weighted by atomic mass is 9.82. The molecule has 10 nitrogen and oxygen atoms in total. The normalized spacial score (nSPS) is 27.0. The van der Waals surface area contributed by atoms with Crippen molar-refractivity contribution < 1.29 is 29.0 Å². The molecule has 0 radical (unpaired) electrons. The number of hydrogen-bond donors (Lipinski definition) is 3. The van der Waals surface area contributed by atoms with Crippen LogP contribution in [0.25, 0.3) is 0 Å². The SMILES string of the molecule is COc1ccc([Si](C)(C)[C@H]2[C@H](CC(=O)N3CCC[C@H]3CO)O[C@@]3(C(=O)N(Cc4cccc(NC(=O)C5CCCNC5)c4)c4ccc(Cl)cc43)[C@@H]2C)cc1. The summed E-state index contributed by atoms with van der Waals surface area (Å²) in [5, 5.41) is 18.1. The highest BCUT2D eigenvalue weighted by molar-refractivity contribution is 6.91. The zero-order chi connectivity index (χ0) is 37.5. The van der Waals surface area contributed by atoms with E-state index < -0.39 is 19.8 Å². The largest absolute Gasteiger partial charge is 0.497 e. The van der Waals surface area contributed by atoms with Crippen molar-refractivity contribution in [2.24, 2.45) is 11.8 Å². The number of nitrogens with one attached hydrogen (secondary N) is 2. The highest BCUT2D eigenvalue weighted by Crippen LogP contribution is 2.60.